The van der Waals surface area contributed by atoms with E-state index in [9.17, 15) is 14.7 Å². The minimum absolute atomic E-state index is 0.168. The van der Waals surface area contributed by atoms with Gasteiger partial charge >= 0.3 is 5.97 Å². The van der Waals surface area contributed by atoms with Gasteiger partial charge in [0.15, 0.2) is 0 Å². The predicted molar refractivity (Wildman–Crippen MR) is 220 cm³/mol. The molecule has 4 nitrogen and oxygen atoms in total. The third-order valence-corrected chi connectivity index (χ3v) is 11.4. The molecule has 0 radical (unpaired) electrons. The normalized spacial score (nSPS) is 12.8. The number of unbranched alkanes of at least 4 members (excludes halogenated alkanes) is 34. The summed E-state index contributed by atoms with van der Waals surface area (Å²) >= 11 is 0. The maximum Gasteiger partial charge on any atom is 0.306 e. The van der Waals surface area contributed by atoms with Crippen LogP contribution in [0, 0.1) is 11.8 Å². The Morgan fingerprint density at radius 3 is 0.760 bits per heavy atom. The van der Waals surface area contributed by atoms with Crippen molar-refractivity contribution in [2.75, 3.05) is 0 Å². The smallest absolute Gasteiger partial charge is 0.306 e. The molecule has 0 aliphatic heterocycles. The lowest BCUT2D eigenvalue weighted by atomic mass is 9.88. The van der Waals surface area contributed by atoms with Gasteiger partial charge in [0, 0.05) is 5.92 Å². The number of carbonyl (C=O) groups excluding carboxylic acids is 1. The van der Waals surface area contributed by atoms with Gasteiger partial charge in [-0.3, -0.25) is 9.59 Å². The number of nitrogens with two attached hydrogens (primary N) is 1. The Bertz CT molecular complexity index is 637. The molecule has 298 valence electrons. The number of hydrogen-bond donors (Lipinski definition) is 2. The van der Waals surface area contributed by atoms with Crippen molar-refractivity contribution in [1.82, 2.24) is 0 Å². The fourth-order valence-electron chi connectivity index (χ4n) is 7.81. The minimum Gasteiger partial charge on any atom is -0.481 e. The van der Waals surface area contributed by atoms with Crippen molar-refractivity contribution >= 4 is 11.9 Å². The fourth-order valence-corrected chi connectivity index (χ4v) is 7.81. The summed E-state index contributed by atoms with van der Waals surface area (Å²) in [7, 11) is 0. The molecule has 0 aromatic rings. The largest absolute Gasteiger partial charge is 0.481 e. The third kappa shape index (κ3) is 36.7. The highest BCUT2D eigenvalue weighted by molar-refractivity contribution is 5.76. The van der Waals surface area contributed by atoms with Crippen LogP contribution in [0.5, 0.6) is 0 Å². The highest BCUT2D eigenvalue weighted by Gasteiger charge is 2.22. The molecule has 4 heteroatoms. The molecule has 1 amide bonds. The van der Waals surface area contributed by atoms with E-state index in [0.717, 1.165) is 38.5 Å². The SMILES string of the molecule is CCCCCCCCCCCCCCCCCCCCC(CCC(CCCCCCCCCCCCCCCCCCCC)C(=O)O)C(N)=O. The average molecular weight is 706 g/mol. The van der Waals surface area contributed by atoms with Gasteiger partial charge in [0.05, 0.1) is 5.92 Å². The van der Waals surface area contributed by atoms with Crippen LogP contribution < -0.4 is 5.73 Å². The Kier molecular flexibility index (Phi) is 39.8. The molecule has 0 aromatic heterocycles. The molecular formula is C46H91NO3. The van der Waals surface area contributed by atoms with Crippen LogP contribution in [0.1, 0.15) is 271 Å². The van der Waals surface area contributed by atoms with Gasteiger partial charge in [0.25, 0.3) is 0 Å². The summed E-state index contributed by atoms with van der Waals surface area (Å²) in [6, 6.07) is 0. The predicted octanol–water partition coefficient (Wildman–Crippen LogP) is 15.4. The topological polar surface area (TPSA) is 80.4 Å². The second-order valence-electron chi connectivity index (χ2n) is 16.3. The molecule has 0 aromatic carbocycles. The average Bonchev–Trinajstić information content (AvgIpc) is 3.10. The van der Waals surface area contributed by atoms with Crippen LogP contribution in [-0.2, 0) is 9.59 Å². The molecular weight excluding hydrogens is 615 g/mol. The lowest BCUT2D eigenvalue weighted by Gasteiger charge is -2.17. The fraction of sp³-hybridized carbons (Fsp3) is 0.957. The molecule has 50 heavy (non-hydrogen) atoms. The van der Waals surface area contributed by atoms with E-state index in [1.54, 1.807) is 0 Å². The first kappa shape index (κ1) is 48.9. The van der Waals surface area contributed by atoms with Gasteiger partial charge in [0.1, 0.15) is 0 Å². The number of carboxylic acid groups (broad SMARTS) is 1. The summed E-state index contributed by atoms with van der Waals surface area (Å²) in [5, 5.41) is 9.79. The van der Waals surface area contributed by atoms with Crippen molar-refractivity contribution in [3.63, 3.8) is 0 Å². The third-order valence-electron chi connectivity index (χ3n) is 11.4. The van der Waals surface area contributed by atoms with Crippen LogP contribution in [0.15, 0.2) is 0 Å². The van der Waals surface area contributed by atoms with E-state index in [1.807, 2.05) is 0 Å². The molecule has 0 saturated carbocycles. The number of carboxylic acids is 1. The Hall–Kier alpha value is -1.06. The van der Waals surface area contributed by atoms with Gasteiger partial charge in [-0.05, 0) is 25.7 Å². The molecule has 0 bridgehead atoms. The summed E-state index contributed by atoms with van der Waals surface area (Å²) in [6.45, 7) is 4.57. The van der Waals surface area contributed by atoms with E-state index < -0.39 is 5.97 Å². The standard InChI is InChI=1S/C46H91NO3/c1-3-5-7-9-11-13-15-17-19-21-23-25-27-29-31-33-35-37-39-43(45(47)48)41-42-44(46(49)50)40-38-36-34-32-30-28-26-24-22-20-18-16-14-12-10-8-6-4-2/h43-44H,3-42H2,1-2H3,(H2,47,48)(H,49,50). The van der Waals surface area contributed by atoms with Gasteiger partial charge in [-0.15, -0.1) is 0 Å². The quantitative estimate of drug-likeness (QED) is 0.0620. The van der Waals surface area contributed by atoms with Gasteiger partial charge in [-0.25, -0.2) is 0 Å². The van der Waals surface area contributed by atoms with Crippen LogP contribution in [-0.4, -0.2) is 17.0 Å². The summed E-state index contributed by atoms with van der Waals surface area (Å²) in [6.07, 6.45) is 51.3. The highest BCUT2D eigenvalue weighted by atomic mass is 16.4. The Morgan fingerprint density at radius 1 is 0.340 bits per heavy atom. The summed E-state index contributed by atoms with van der Waals surface area (Å²) in [5.41, 5.74) is 5.74. The first-order valence-electron chi connectivity index (χ1n) is 23.0. The molecule has 3 N–H and O–H groups in total. The summed E-state index contributed by atoms with van der Waals surface area (Å²) in [4.78, 5) is 24.0. The van der Waals surface area contributed by atoms with Crippen LogP contribution in [0.4, 0.5) is 0 Å². The zero-order valence-electron chi connectivity index (χ0n) is 34.3. The molecule has 0 rings (SSSR count). The molecule has 0 fully saturated rings. The summed E-state index contributed by atoms with van der Waals surface area (Å²) < 4.78 is 0. The molecule has 0 aliphatic rings. The van der Waals surface area contributed by atoms with Gasteiger partial charge < -0.3 is 10.8 Å². The van der Waals surface area contributed by atoms with E-state index in [1.165, 1.54) is 205 Å². The number of hydrogen-bond acceptors (Lipinski definition) is 2. The van der Waals surface area contributed by atoms with Crippen LogP contribution in [0.2, 0.25) is 0 Å². The second-order valence-corrected chi connectivity index (χ2v) is 16.3. The summed E-state index contributed by atoms with van der Waals surface area (Å²) in [5.74, 6) is -1.45. The minimum atomic E-state index is -0.701. The molecule has 2 unspecified atom stereocenters. The van der Waals surface area contributed by atoms with E-state index in [4.69, 9.17) is 5.73 Å². The first-order chi connectivity index (χ1) is 24.5. The van der Waals surface area contributed by atoms with E-state index in [-0.39, 0.29) is 17.7 Å². The Balaban J connectivity index is 3.67. The Morgan fingerprint density at radius 2 is 0.540 bits per heavy atom. The number of amides is 1. The van der Waals surface area contributed by atoms with Crippen LogP contribution in [0.25, 0.3) is 0 Å². The molecule has 0 aliphatic carbocycles. The van der Waals surface area contributed by atoms with Crippen LogP contribution >= 0.6 is 0 Å². The maximum atomic E-state index is 12.1. The number of rotatable bonds is 43. The van der Waals surface area contributed by atoms with E-state index in [2.05, 4.69) is 13.8 Å². The lowest BCUT2D eigenvalue weighted by molar-refractivity contribution is -0.142. The van der Waals surface area contributed by atoms with E-state index >= 15 is 0 Å². The number of primary amides is 1. The van der Waals surface area contributed by atoms with Gasteiger partial charge in [-0.2, -0.15) is 0 Å². The maximum absolute atomic E-state index is 12.1. The molecule has 2 atom stereocenters. The monoisotopic (exact) mass is 706 g/mol. The molecule has 0 spiro atoms. The number of carbonyl (C=O) groups is 2. The lowest BCUT2D eigenvalue weighted by Crippen LogP contribution is -2.25. The van der Waals surface area contributed by atoms with Gasteiger partial charge in [-0.1, -0.05) is 245 Å². The Labute approximate surface area is 314 Å². The zero-order valence-corrected chi connectivity index (χ0v) is 34.3. The van der Waals surface area contributed by atoms with Crippen molar-refractivity contribution in [3.8, 4) is 0 Å². The van der Waals surface area contributed by atoms with Crippen molar-refractivity contribution in [1.29, 1.82) is 0 Å². The van der Waals surface area contributed by atoms with E-state index in [0.29, 0.717) is 12.8 Å². The van der Waals surface area contributed by atoms with Crippen molar-refractivity contribution in [2.45, 2.75) is 271 Å². The zero-order chi connectivity index (χ0) is 36.6. The number of aliphatic carboxylic acids is 1. The van der Waals surface area contributed by atoms with Crippen molar-refractivity contribution < 1.29 is 14.7 Å². The first-order valence-corrected chi connectivity index (χ1v) is 23.0. The molecule has 0 saturated heterocycles. The van der Waals surface area contributed by atoms with Crippen LogP contribution in [0.3, 0.4) is 0 Å². The van der Waals surface area contributed by atoms with Gasteiger partial charge in [0.2, 0.25) is 5.91 Å². The second kappa shape index (κ2) is 40.7. The van der Waals surface area contributed by atoms with Crippen molar-refractivity contribution in [3.05, 3.63) is 0 Å². The van der Waals surface area contributed by atoms with Crippen molar-refractivity contribution in [2.24, 2.45) is 17.6 Å². The molecule has 0 heterocycles. The highest BCUT2D eigenvalue weighted by Crippen LogP contribution is 2.24.